The van der Waals surface area contributed by atoms with Crippen LogP contribution in [0.4, 0.5) is 0 Å². The van der Waals surface area contributed by atoms with Gasteiger partial charge in [-0.2, -0.15) is 0 Å². The zero-order valence-electron chi connectivity index (χ0n) is 18.2. The Hall–Kier alpha value is -1.61. The van der Waals surface area contributed by atoms with E-state index < -0.39 is 16.6 Å². The lowest BCUT2D eigenvalue weighted by Crippen LogP contribution is -2.44. The minimum Gasteiger partial charge on any atom is -0.508 e. The molecule has 3 N–H and O–H groups in total. The van der Waals surface area contributed by atoms with Crippen molar-refractivity contribution in [2.45, 2.75) is 70.6 Å². The fourth-order valence-electron chi connectivity index (χ4n) is 3.92. The van der Waals surface area contributed by atoms with Gasteiger partial charge in [0.15, 0.2) is 16.6 Å². The van der Waals surface area contributed by atoms with Crippen LogP contribution in [0, 0.1) is 0 Å². The summed E-state index contributed by atoms with van der Waals surface area (Å²) in [5.41, 5.74) is 2.76. The van der Waals surface area contributed by atoms with Crippen molar-refractivity contribution in [2.24, 2.45) is 0 Å². The quantitative estimate of drug-likeness (QED) is 0.405. The Morgan fingerprint density at radius 3 is 1.97 bits per heavy atom. The Labute approximate surface area is 177 Å². The lowest BCUT2D eigenvalue weighted by molar-refractivity contribution is 0.275. The molecule has 0 aromatic heterocycles. The maximum Gasteiger partial charge on any atom is 0.173 e. The molecule has 0 spiro atoms. The first-order valence-electron chi connectivity index (χ1n) is 10.5. The number of rotatable bonds is 11. The first-order chi connectivity index (χ1) is 13.6. The molecule has 2 rings (SSSR count). The van der Waals surface area contributed by atoms with Gasteiger partial charge in [-0.25, -0.2) is 0 Å². The Kier molecular flexibility index (Phi) is 8.51. The highest BCUT2D eigenvalue weighted by molar-refractivity contribution is 6.84. The molecule has 0 saturated carbocycles. The van der Waals surface area contributed by atoms with Gasteiger partial charge in [0.1, 0.15) is 11.5 Å². The minimum atomic E-state index is -1.75. The minimum absolute atomic E-state index is 0.135. The number of aryl methyl sites for hydroxylation is 2. The fourth-order valence-corrected chi connectivity index (χ4v) is 12.8. The molecule has 0 unspecified atom stereocenters. The Morgan fingerprint density at radius 1 is 0.759 bits per heavy atom. The third-order valence-electron chi connectivity index (χ3n) is 5.33. The molecule has 4 nitrogen and oxygen atoms in total. The third kappa shape index (κ3) is 7.97. The zero-order chi connectivity index (χ0) is 21.5. The van der Waals surface area contributed by atoms with Crippen molar-refractivity contribution in [3.63, 3.8) is 0 Å². The summed E-state index contributed by atoms with van der Waals surface area (Å²) in [7, 11) is -3.50. The number of aliphatic hydroxyl groups excluding tert-OH is 1. The van der Waals surface area contributed by atoms with E-state index in [2.05, 4.69) is 26.2 Å². The predicted molar refractivity (Wildman–Crippen MR) is 124 cm³/mol. The second-order valence-corrected chi connectivity index (χ2v) is 17.9. The highest BCUT2D eigenvalue weighted by atomic mass is 28.4. The number of hydrogen-bond donors (Lipinski definition) is 3. The molecular weight excluding hydrogens is 396 g/mol. The molecule has 0 bridgehead atoms. The summed E-state index contributed by atoms with van der Waals surface area (Å²) in [5.74, 6) is 0.548. The number of phenolic OH excluding ortho intramolecular Hbond substituents is 1. The standard InChI is InChI=1S/C23H36O4Si2/c1-28(2,15-7-9-19-13-14-23(26)21(17-19)18-24)27-29(3,4)16-8-11-20-10-5-6-12-22(20)25/h5-6,10,12-14,17,24-26H,7-9,11,15-16,18H2,1-4H3. The molecule has 2 aromatic rings. The van der Waals surface area contributed by atoms with Gasteiger partial charge in [-0.05, 0) is 93.3 Å². The van der Waals surface area contributed by atoms with E-state index >= 15 is 0 Å². The van der Waals surface area contributed by atoms with Crippen molar-refractivity contribution >= 4 is 16.6 Å². The van der Waals surface area contributed by atoms with Crippen LogP contribution in [-0.4, -0.2) is 32.0 Å². The zero-order valence-corrected chi connectivity index (χ0v) is 20.2. The first kappa shape index (κ1) is 23.7. The van der Waals surface area contributed by atoms with Gasteiger partial charge in [0.2, 0.25) is 0 Å². The van der Waals surface area contributed by atoms with Gasteiger partial charge >= 0.3 is 0 Å². The summed E-state index contributed by atoms with van der Waals surface area (Å²) in [6.07, 6.45) is 3.92. The fraction of sp³-hybridized carbons (Fsp3) is 0.478. The molecule has 2 aromatic carbocycles. The second-order valence-electron chi connectivity index (χ2n) is 9.08. The number of para-hydroxylation sites is 1. The molecule has 29 heavy (non-hydrogen) atoms. The van der Waals surface area contributed by atoms with Crippen molar-refractivity contribution in [1.82, 2.24) is 0 Å². The summed E-state index contributed by atoms with van der Waals surface area (Å²) in [5, 5.41) is 28.9. The van der Waals surface area contributed by atoms with E-state index in [4.69, 9.17) is 4.12 Å². The monoisotopic (exact) mass is 432 g/mol. The van der Waals surface area contributed by atoms with Gasteiger partial charge in [-0.3, -0.25) is 0 Å². The van der Waals surface area contributed by atoms with Crippen LogP contribution in [0.3, 0.4) is 0 Å². The molecule has 0 fully saturated rings. The van der Waals surface area contributed by atoms with Gasteiger partial charge in [0.05, 0.1) is 6.61 Å². The van der Waals surface area contributed by atoms with Gasteiger partial charge < -0.3 is 19.4 Å². The Balaban J connectivity index is 1.79. The van der Waals surface area contributed by atoms with Crippen LogP contribution in [-0.2, 0) is 23.6 Å². The number of benzene rings is 2. The van der Waals surface area contributed by atoms with Gasteiger partial charge in [0.25, 0.3) is 0 Å². The summed E-state index contributed by atoms with van der Waals surface area (Å²) < 4.78 is 6.73. The summed E-state index contributed by atoms with van der Waals surface area (Å²) in [6.45, 7) is 9.09. The van der Waals surface area contributed by atoms with Crippen LogP contribution in [0.25, 0.3) is 0 Å². The smallest absolute Gasteiger partial charge is 0.173 e. The predicted octanol–water partition coefficient (Wildman–Crippen LogP) is 5.58. The third-order valence-corrected chi connectivity index (χ3v) is 12.9. The number of aliphatic hydroxyl groups is 1. The van der Waals surface area contributed by atoms with E-state index in [1.165, 1.54) is 0 Å². The molecule has 0 aliphatic heterocycles. The number of phenols is 2. The number of aromatic hydroxyl groups is 2. The normalized spacial score (nSPS) is 12.3. The average Bonchev–Trinajstić information content (AvgIpc) is 2.63. The van der Waals surface area contributed by atoms with Gasteiger partial charge in [0, 0.05) is 5.56 Å². The van der Waals surface area contributed by atoms with Crippen molar-refractivity contribution in [1.29, 1.82) is 0 Å². The lowest BCUT2D eigenvalue weighted by Gasteiger charge is -2.34. The van der Waals surface area contributed by atoms with Crippen LogP contribution in [0.1, 0.15) is 29.5 Å². The highest BCUT2D eigenvalue weighted by Gasteiger charge is 2.32. The van der Waals surface area contributed by atoms with Crippen molar-refractivity contribution < 1.29 is 19.4 Å². The van der Waals surface area contributed by atoms with E-state index in [9.17, 15) is 15.3 Å². The molecule has 0 amide bonds. The Bertz CT molecular complexity index is 790. The Morgan fingerprint density at radius 2 is 1.34 bits per heavy atom. The summed E-state index contributed by atoms with van der Waals surface area (Å²) in [6, 6.07) is 15.3. The molecular formula is C23H36O4Si2. The molecule has 0 saturated heterocycles. The van der Waals surface area contributed by atoms with E-state index in [1.807, 2.05) is 30.3 Å². The molecule has 0 aliphatic rings. The van der Waals surface area contributed by atoms with E-state index in [1.54, 1.807) is 12.1 Å². The number of hydrogen-bond acceptors (Lipinski definition) is 4. The average molecular weight is 433 g/mol. The summed E-state index contributed by atoms with van der Waals surface area (Å²) >= 11 is 0. The molecule has 160 valence electrons. The molecule has 0 heterocycles. The van der Waals surface area contributed by atoms with Crippen molar-refractivity contribution in [3.8, 4) is 11.5 Å². The molecule has 0 aliphatic carbocycles. The topological polar surface area (TPSA) is 69.9 Å². The molecule has 6 heteroatoms. The summed E-state index contributed by atoms with van der Waals surface area (Å²) in [4.78, 5) is 0. The maximum atomic E-state index is 9.92. The molecule has 0 atom stereocenters. The first-order valence-corrected chi connectivity index (χ1v) is 16.7. The van der Waals surface area contributed by atoms with Crippen molar-refractivity contribution in [3.05, 3.63) is 59.2 Å². The van der Waals surface area contributed by atoms with E-state index in [-0.39, 0.29) is 12.4 Å². The van der Waals surface area contributed by atoms with E-state index in [0.29, 0.717) is 11.3 Å². The van der Waals surface area contributed by atoms with Crippen molar-refractivity contribution in [2.75, 3.05) is 0 Å². The van der Waals surface area contributed by atoms with Gasteiger partial charge in [-0.1, -0.05) is 24.3 Å². The van der Waals surface area contributed by atoms with Crippen LogP contribution in [0.5, 0.6) is 11.5 Å². The lowest BCUT2D eigenvalue weighted by atomic mass is 10.1. The van der Waals surface area contributed by atoms with Gasteiger partial charge in [-0.15, -0.1) is 0 Å². The van der Waals surface area contributed by atoms with Crippen LogP contribution >= 0.6 is 0 Å². The second kappa shape index (κ2) is 10.4. The largest absolute Gasteiger partial charge is 0.508 e. The van der Waals surface area contributed by atoms with Crippen LogP contribution < -0.4 is 0 Å². The SMILES string of the molecule is C[Si](C)(CCCc1ccc(O)c(CO)c1)O[Si](C)(C)CCCc1ccccc1O. The highest BCUT2D eigenvalue weighted by Crippen LogP contribution is 2.27. The van der Waals surface area contributed by atoms with Crippen LogP contribution in [0.2, 0.25) is 38.3 Å². The molecule has 0 radical (unpaired) electrons. The maximum absolute atomic E-state index is 9.92. The van der Waals surface area contributed by atoms with Crippen LogP contribution in [0.15, 0.2) is 42.5 Å². The van der Waals surface area contributed by atoms with E-state index in [0.717, 1.165) is 48.9 Å².